The molecule has 0 radical (unpaired) electrons. The summed E-state index contributed by atoms with van der Waals surface area (Å²) in [6, 6.07) is 0.386. The predicted octanol–water partition coefficient (Wildman–Crippen LogP) is 1.72. The van der Waals surface area contributed by atoms with Crippen LogP contribution in [0.5, 0.6) is 0 Å². The van der Waals surface area contributed by atoms with Gasteiger partial charge in [-0.1, -0.05) is 12.8 Å². The smallest absolute Gasteiger partial charge is 0.325 e. The summed E-state index contributed by atoms with van der Waals surface area (Å²) in [6.07, 6.45) is 3.87. The monoisotopic (exact) mass is 199 g/mol. The third-order valence-corrected chi connectivity index (χ3v) is 2.69. The summed E-state index contributed by atoms with van der Waals surface area (Å²) in [5.41, 5.74) is -0.566. The Bertz CT molecular complexity index is 209. The first-order valence-electron chi connectivity index (χ1n) is 5.32. The van der Waals surface area contributed by atoms with E-state index in [1.54, 1.807) is 0 Å². The summed E-state index contributed by atoms with van der Waals surface area (Å²) in [6.45, 7) is 5.85. The summed E-state index contributed by atoms with van der Waals surface area (Å²) in [4.78, 5) is 11.4. The molecule has 1 aliphatic rings. The molecular weight excluding hydrogens is 178 g/mol. The molecule has 0 aromatic heterocycles. The Morgan fingerprint density at radius 3 is 2.57 bits per heavy atom. The zero-order valence-corrected chi connectivity index (χ0v) is 9.59. The van der Waals surface area contributed by atoms with E-state index in [1.165, 1.54) is 26.4 Å². The van der Waals surface area contributed by atoms with Gasteiger partial charge in [0.2, 0.25) is 0 Å². The molecule has 1 rings (SSSR count). The number of carbonyl (C=O) groups excluding carboxylic acids is 1. The Balaban J connectivity index is 2.35. The molecule has 1 atom stereocenters. The summed E-state index contributed by atoms with van der Waals surface area (Å²) < 4.78 is 4.74. The lowest BCUT2D eigenvalue weighted by atomic mass is 10.0. The van der Waals surface area contributed by atoms with Crippen LogP contribution < -0.4 is 5.32 Å². The van der Waals surface area contributed by atoms with Gasteiger partial charge in [0.05, 0.1) is 7.11 Å². The van der Waals surface area contributed by atoms with Gasteiger partial charge in [-0.3, -0.25) is 10.1 Å². The largest absolute Gasteiger partial charge is 0.468 e. The maximum Gasteiger partial charge on any atom is 0.325 e. The van der Waals surface area contributed by atoms with E-state index < -0.39 is 5.54 Å². The molecule has 3 nitrogen and oxygen atoms in total. The van der Waals surface area contributed by atoms with Crippen molar-refractivity contribution in [3.8, 4) is 0 Å². The van der Waals surface area contributed by atoms with Crippen LogP contribution in [0.15, 0.2) is 0 Å². The Kier molecular flexibility index (Phi) is 3.53. The number of methoxy groups -OCH3 is 1. The third kappa shape index (κ3) is 3.29. The van der Waals surface area contributed by atoms with Crippen LogP contribution in [0.2, 0.25) is 0 Å². The molecule has 3 heteroatoms. The van der Waals surface area contributed by atoms with Gasteiger partial charge in [0.15, 0.2) is 0 Å². The molecule has 1 N–H and O–H groups in total. The minimum atomic E-state index is -0.566. The predicted molar refractivity (Wildman–Crippen MR) is 56.0 cm³/mol. The fourth-order valence-electron chi connectivity index (χ4n) is 1.84. The fraction of sp³-hybridized carbons (Fsp3) is 0.909. The van der Waals surface area contributed by atoms with Gasteiger partial charge in [0, 0.05) is 6.04 Å². The van der Waals surface area contributed by atoms with Crippen molar-refractivity contribution in [2.45, 2.75) is 51.6 Å². The lowest BCUT2D eigenvalue weighted by Crippen LogP contribution is -2.51. The molecule has 1 aliphatic carbocycles. The highest BCUT2D eigenvalue weighted by atomic mass is 16.5. The number of carbonyl (C=O) groups is 1. The summed E-state index contributed by atoms with van der Waals surface area (Å²) in [5, 5.41) is 3.30. The average molecular weight is 199 g/mol. The highest BCUT2D eigenvalue weighted by Gasteiger charge is 2.32. The zero-order valence-electron chi connectivity index (χ0n) is 9.59. The van der Waals surface area contributed by atoms with Crippen molar-refractivity contribution in [2.75, 3.05) is 7.11 Å². The van der Waals surface area contributed by atoms with E-state index in [9.17, 15) is 4.79 Å². The maximum atomic E-state index is 11.4. The van der Waals surface area contributed by atoms with E-state index >= 15 is 0 Å². The summed E-state index contributed by atoms with van der Waals surface area (Å²) >= 11 is 0. The van der Waals surface area contributed by atoms with E-state index in [1.807, 2.05) is 13.8 Å². The molecule has 0 amide bonds. The van der Waals surface area contributed by atoms with Crippen molar-refractivity contribution in [1.82, 2.24) is 5.32 Å². The Morgan fingerprint density at radius 1 is 1.57 bits per heavy atom. The van der Waals surface area contributed by atoms with Crippen molar-refractivity contribution < 1.29 is 9.53 Å². The Hall–Kier alpha value is -0.570. The van der Waals surface area contributed by atoms with Crippen LogP contribution in [0.1, 0.15) is 40.0 Å². The SMILES string of the molecule is COC(=O)C(C)(C)NC(C)CC1CC1. The first kappa shape index (κ1) is 11.5. The summed E-state index contributed by atoms with van der Waals surface area (Å²) in [5.74, 6) is 0.686. The van der Waals surface area contributed by atoms with Crippen LogP contribution in [-0.4, -0.2) is 24.7 Å². The molecule has 0 saturated heterocycles. The molecule has 1 saturated carbocycles. The van der Waals surface area contributed by atoms with Gasteiger partial charge in [-0.25, -0.2) is 0 Å². The Morgan fingerprint density at radius 2 is 2.14 bits per heavy atom. The van der Waals surface area contributed by atoms with E-state index in [4.69, 9.17) is 4.74 Å². The molecule has 0 spiro atoms. The number of esters is 1. The molecule has 0 heterocycles. The average Bonchev–Trinajstić information content (AvgIpc) is 2.85. The minimum Gasteiger partial charge on any atom is -0.468 e. The molecule has 0 aliphatic heterocycles. The van der Waals surface area contributed by atoms with Crippen LogP contribution in [-0.2, 0) is 9.53 Å². The van der Waals surface area contributed by atoms with Crippen LogP contribution in [0.3, 0.4) is 0 Å². The first-order chi connectivity index (χ1) is 6.45. The molecule has 1 fully saturated rings. The van der Waals surface area contributed by atoms with Gasteiger partial charge in [0.25, 0.3) is 0 Å². The number of rotatable bonds is 5. The lowest BCUT2D eigenvalue weighted by molar-refractivity contribution is -0.147. The van der Waals surface area contributed by atoms with Crippen molar-refractivity contribution >= 4 is 5.97 Å². The van der Waals surface area contributed by atoms with Gasteiger partial charge in [0.1, 0.15) is 5.54 Å². The van der Waals surface area contributed by atoms with Gasteiger partial charge in [-0.2, -0.15) is 0 Å². The van der Waals surface area contributed by atoms with E-state index in [2.05, 4.69) is 12.2 Å². The Labute approximate surface area is 86.2 Å². The second-order valence-electron chi connectivity index (χ2n) is 4.84. The highest BCUT2D eigenvalue weighted by Crippen LogP contribution is 2.33. The van der Waals surface area contributed by atoms with Crippen LogP contribution in [0.4, 0.5) is 0 Å². The number of nitrogens with one attached hydrogen (secondary N) is 1. The van der Waals surface area contributed by atoms with Crippen LogP contribution in [0.25, 0.3) is 0 Å². The molecule has 0 bridgehead atoms. The maximum absolute atomic E-state index is 11.4. The highest BCUT2D eigenvalue weighted by molar-refractivity contribution is 5.79. The quantitative estimate of drug-likeness (QED) is 0.685. The zero-order chi connectivity index (χ0) is 10.8. The summed E-state index contributed by atoms with van der Waals surface area (Å²) in [7, 11) is 1.43. The van der Waals surface area contributed by atoms with E-state index in [-0.39, 0.29) is 5.97 Å². The number of ether oxygens (including phenoxy) is 1. The van der Waals surface area contributed by atoms with Crippen LogP contribution in [0, 0.1) is 5.92 Å². The molecule has 82 valence electrons. The second kappa shape index (κ2) is 4.30. The van der Waals surface area contributed by atoms with Crippen molar-refractivity contribution in [2.24, 2.45) is 5.92 Å². The second-order valence-corrected chi connectivity index (χ2v) is 4.84. The van der Waals surface area contributed by atoms with Crippen LogP contribution >= 0.6 is 0 Å². The molecular formula is C11H21NO2. The van der Waals surface area contributed by atoms with Crippen molar-refractivity contribution in [1.29, 1.82) is 0 Å². The van der Waals surface area contributed by atoms with Crippen molar-refractivity contribution in [3.63, 3.8) is 0 Å². The number of hydrogen-bond acceptors (Lipinski definition) is 3. The minimum absolute atomic E-state index is 0.194. The van der Waals surface area contributed by atoms with Gasteiger partial charge in [-0.05, 0) is 33.1 Å². The fourth-order valence-corrected chi connectivity index (χ4v) is 1.84. The molecule has 0 aromatic rings. The van der Waals surface area contributed by atoms with Gasteiger partial charge in [-0.15, -0.1) is 0 Å². The van der Waals surface area contributed by atoms with E-state index in [0.29, 0.717) is 6.04 Å². The normalized spacial score (nSPS) is 19.1. The molecule has 1 unspecified atom stereocenters. The topological polar surface area (TPSA) is 38.3 Å². The third-order valence-electron chi connectivity index (χ3n) is 2.69. The lowest BCUT2D eigenvalue weighted by Gasteiger charge is -2.27. The van der Waals surface area contributed by atoms with E-state index in [0.717, 1.165) is 5.92 Å². The standard InChI is InChI=1S/C11H21NO2/c1-8(7-9-5-6-9)12-11(2,3)10(13)14-4/h8-9,12H,5-7H2,1-4H3. The number of hydrogen-bond donors (Lipinski definition) is 1. The van der Waals surface area contributed by atoms with Crippen molar-refractivity contribution in [3.05, 3.63) is 0 Å². The first-order valence-corrected chi connectivity index (χ1v) is 5.32. The van der Waals surface area contributed by atoms with Gasteiger partial charge >= 0.3 is 5.97 Å². The van der Waals surface area contributed by atoms with Gasteiger partial charge < -0.3 is 4.74 Å². The molecule has 14 heavy (non-hydrogen) atoms. The molecule has 0 aromatic carbocycles.